The number of nitrogens with zero attached hydrogens (tertiary/aromatic N) is 3. The first-order valence-electron chi connectivity index (χ1n) is 9.39. The Bertz CT molecular complexity index is 882. The summed E-state index contributed by atoms with van der Waals surface area (Å²) >= 11 is 0. The lowest BCUT2D eigenvalue weighted by Crippen LogP contribution is -2.49. The van der Waals surface area contributed by atoms with E-state index in [0.29, 0.717) is 10.9 Å². The molecule has 0 spiro atoms. The van der Waals surface area contributed by atoms with E-state index in [4.69, 9.17) is 4.74 Å². The van der Waals surface area contributed by atoms with E-state index in [1.807, 2.05) is 24.8 Å². The lowest BCUT2D eigenvalue weighted by Gasteiger charge is -2.38. The number of piperidine rings is 1. The molecule has 0 radical (unpaired) electrons. The molecule has 1 amide bonds. The third-order valence-electron chi connectivity index (χ3n) is 5.13. The van der Waals surface area contributed by atoms with E-state index in [9.17, 15) is 14.4 Å². The second-order valence-corrected chi connectivity index (χ2v) is 7.09. The van der Waals surface area contributed by atoms with Crippen molar-refractivity contribution in [3.63, 3.8) is 0 Å². The number of ether oxygens (including phenoxy) is 1. The molecule has 1 saturated heterocycles. The minimum absolute atomic E-state index is 0.0816. The lowest BCUT2D eigenvalue weighted by molar-refractivity contribution is -0.155. The second kappa shape index (κ2) is 8.33. The average Bonchev–Trinajstić information content (AvgIpc) is 2.66. The predicted octanol–water partition coefficient (Wildman–Crippen LogP) is 2.12. The van der Waals surface area contributed by atoms with E-state index in [1.165, 1.54) is 6.20 Å². The molecule has 7 nitrogen and oxygen atoms in total. The van der Waals surface area contributed by atoms with Crippen molar-refractivity contribution in [3.8, 4) is 0 Å². The van der Waals surface area contributed by atoms with Gasteiger partial charge in [0.25, 0.3) is 5.91 Å². The molecule has 1 aliphatic rings. The van der Waals surface area contributed by atoms with Gasteiger partial charge in [0.2, 0.25) is 5.43 Å². The van der Waals surface area contributed by atoms with Gasteiger partial charge in [0.15, 0.2) is 6.61 Å². The first-order valence-corrected chi connectivity index (χ1v) is 9.39. The molecule has 1 aliphatic heterocycles. The smallest absolute Gasteiger partial charge is 0.308 e. The molecular formula is C20H25N3O4. The van der Waals surface area contributed by atoms with Gasteiger partial charge in [-0.1, -0.05) is 12.1 Å². The SMILES string of the molecule is C[C@H]1CCC[C@H](C)N1C(=O)COC(=O)CCn1ncc(=O)c2ccccc21. The van der Waals surface area contributed by atoms with Gasteiger partial charge in [-0.3, -0.25) is 19.1 Å². The van der Waals surface area contributed by atoms with Crippen LogP contribution in [-0.4, -0.2) is 45.2 Å². The molecule has 144 valence electrons. The highest BCUT2D eigenvalue weighted by atomic mass is 16.5. The van der Waals surface area contributed by atoms with Gasteiger partial charge in [-0.25, -0.2) is 0 Å². The van der Waals surface area contributed by atoms with Crippen LogP contribution in [0.1, 0.15) is 39.5 Å². The zero-order valence-electron chi connectivity index (χ0n) is 15.8. The average molecular weight is 371 g/mol. The minimum Gasteiger partial charge on any atom is -0.456 e. The van der Waals surface area contributed by atoms with E-state index in [1.54, 1.807) is 22.9 Å². The maximum atomic E-state index is 12.4. The Morgan fingerprint density at radius 2 is 1.89 bits per heavy atom. The number of rotatable bonds is 5. The van der Waals surface area contributed by atoms with E-state index in [2.05, 4.69) is 5.10 Å². The first kappa shape index (κ1) is 19.1. The van der Waals surface area contributed by atoms with Crippen molar-refractivity contribution >= 4 is 22.8 Å². The molecule has 1 aromatic carbocycles. The summed E-state index contributed by atoms with van der Waals surface area (Å²) in [6, 6.07) is 7.48. The number of esters is 1. The summed E-state index contributed by atoms with van der Waals surface area (Å²) < 4.78 is 6.78. The standard InChI is InChI=1S/C20H25N3O4/c1-14-6-5-7-15(2)23(14)19(25)13-27-20(26)10-11-22-17-9-4-3-8-16(17)18(24)12-21-22/h3-4,8-9,12,14-15H,5-7,10-11,13H2,1-2H3/t14-,15-/m0/s1. The highest BCUT2D eigenvalue weighted by Gasteiger charge is 2.29. The summed E-state index contributed by atoms with van der Waals surface area (Å²) in [5, 5.41) is 4.65. The van der Waals surface area contributed by atoms with E-state index in [0.717, 1.165) is 19.3 Å². The number of hydrogen-bond acceptors (Lipinski definition) is 5. The zero-order valence-corrected chi connectivity index (χ0v) is 15.8. The van der Waals surface area contributed by atoms with Crippen molar-refractivity contribution in [2.45, 2.75) is 58.2 Å². The molecule has 2 heterocycles. The highest BCUT2D eigenvalue weighted by Crippen LogP contribution is 2.22. The van der Waals surface area contributed by atoms with Gasteiger partial charge in [-0.2, -0.15) is 5.10 Å². The van der Waals surface area contributed by atoms with Crippen molar-refractivity contribution in [2.75, 3.05) is 6.61 Å². The molecule has 0 unspecified atom stereocenters. The minimum atomic E-state index is -0.453. The van der Waals surface area contributed by atoms with Gasteiger partial charge in [-0.15, -0.1) is 0 Å². The Morgan fingerprint density at radius 1 is 1.19 bits per heavy atom. The second-order valence-electron chi connectivity index (χ2n) is 7.09. The molecule has 1 fully saturated rings. The quantitative estimate of drug-likeness (QED) is 0.752. The topological polar surface area (TPSA) is 81.5 Å². The molecule has 2 atom stereocenters. The lowest BCUT2D eigenvalue weighted by atomic mass is 9.97. The van der Waals surface area contributed by atoms with Crippen molar-refractivity contribution in [1.82, 2.24) is 14.7 Å². The summed E-state index contributed by atoms with van der Waals surface area (Å²) in [5.41, 5.74) is 0.518. The van der Waals surface area contributed by atoms with Crippen molar-refractivity contribution < 1.29 is 14.3 Å². The number of amides is 1. The van der Waals surface area contributed by atoms with Gasteiger partial charge in [0, 0.05) is 17.5 Å². The van der Waals surface area contributed by atoms with Crippen LogP contribution < -0.4 is 5.43 Å². The van der Waals surface area contributed by atoms with Crippen LogP contribution in [0.25, 0.3) is 10.9 Å². The van der Waals surface area contributed by atoms with Crippen LogP contribution in [0.3, 0.4) is 0 Å². The molecule has 1 aromatic heterocycles. The number of aromatic nitrogens is 2. The maximum Gasteiger partial charge on any atom is 0.308 e. The molecular weight excluding hydrogens is 346 g/mol. The third-order valence-corrected chi connectivity index (χ3v) is 5.13. The summed E-state index contributed by atoms with van der Waals surface area (Å²) in [6.45, 7) is 4.11. The number of fused-ring (bicyclic) bond motifs is 1. The Labute approximate surface area is 157 Å². The Balaban J connectivity index is 1.55. The van der Waals surface area contributed by atoms with E-state index >= 15 is 0 Å². The van der Waals surface area contributed by atoms with Gasteiger partial charge in [0.05, 0.1) is 24.7 Å². The van der Waals surface area contributed by atoms with Crippen LogP contribution in [-0.2, 0) is 20.9 Å². The number of aryl methyl sites for hydroxylation is 1. The first-order chi connectivity index (χ1) is 13.0. The number of carbonyl (C=O) groups is 2. The van der Waals surface area contributed by atoms with Gasteiger partial charge < -0.3 is 9.64 Å². The molecule has 27 heavy (non-hydrogen) atoms. The van der Waals surface area contributed by atoms with Gasteiger partial charge in [0.1, 0.15) is 0 Å². The number of para-hydroxylation sites is 1. The van der Waals surface area contributed by atoms with Crippen LogP contribution in [0.2, 0.25) is 0 Å². The molecule has 2 aromatic rings. The Kier molecular flexibility index (Phi) is 5.88. The third kappa shape index (κ3) is 4.35. The predicted molar refractivity (Wildman–Crippen MR) is 101 cm³/mol. The maximum absolute atomic E-state index is 12.4. The largest absolute Gasteiger partial charge is 0.456 e. The highest BCUT2D eigenvalue weighted by molar-refractivity contribution is 5.81. The Morgan fingerprint density at radius 3 is 2.63 bits per heavy atom. The molecule has 0 bridgehead atoms. The van der Waals surface area contributed by atoms with Crippen LogP contribution in [0, 0.1) is 0 Å². The normalized spacial score (nSPS) is 19.9. The molecule has 7 heteroatoms. The number of likely N-dealkylation sites (tertiary alicyclic amines) is 1. The fourth-order valence-corrected chi connectivity index (χ4v) is 3.74. The van der Waals surface area contributed by atoms with Crippen LogP contribution >= 0.6 is 0 Å². The summed E-state index contributed by atoms with van der Waals surface area (Å²) in [5.74, 6) is -0.597. The molecule has 0 saturated carbocycles. The fraction of sp³-hybridized carbons (Fsp3) is 0.500. The summed E-state index contributed by atoms with van der Waals surface area (Å²) in [7, 11) is 0. The van der Waals surface area contributed by atoms with Gasteiger partial charge >= 0.3 is 5.97 Å². The van der Waals surface area contributed by atoms with Crippen LogP contribution in [0.4, 0.5) is 0 Å². The van der Waals surface area contributed by atoms with Crippen LogP contribution in [0.15, 0.2) is 35.3 Å². The van der Waals surface area contributed by atoms with Crippen molar-refractivity contribution in [1.29, 1.82) is 0 Å². The molecule has 0 N–H and O–H groups in total. The van der Waals surface area contributed by atoms with Crippen molar-refractivity contribution in [3.05, 3.63) is 40.7 Å². The zero-order chi connectivity index (χ0) is 19.4. The van der Waals surface area contributed by atoms with E-state index in [-0.39, 0.29) is 43.0 Å². The van der Waals surface area contributed by atoms with Gasteiger partial charge in [-0.05, 0) is 45.2 Å². The number of hydrogen-bond donors (Lipinski definition) is 0. The van der Waals surface area contributed by atoms with Crippen LogP contribution in [0.5, 0.6) is 0 Å². The monoisotopic (exact) mass is 371 g/mol. The fourth-order valence-electron chi connectivity index (χ4n) is 3.74. The number of carbonyl (C=O) groups excluding carboxylic acids is 2. The summed E-state index contributed by atoms with van der Waals surface area (Å²) in [6.07, 6.45) is 4.41. The van der Waals surface area contributed by atoms with Crippen molar-refractivity contribution in [2.24, 2.45) is 0 Å². The Hall–Kier alpha value is -2.70. The van der Waals surface area contributed by atoms with E-state index < -0.39 is 5.97 Å². The molecule has 3 rings (SSSR count). The summed E-state index contributed by atoms with van der Waals surface area (Å²) in [4.78, 5) is 38.1. The number of benzene rings is 1. The molecule has 0 aliphatic carbocycles.